The Morgan fingerprint density at radius 1 is 1.17 bits per heavy atom. The Morgan fingerprint density at radius 3 is 2.39 bits per heavy atom. The molecule has 0 atom stereocenters. The first-order valence-electron chi connectivity index (χ1n) is 5.52. The largest absolute Gasteiger partial charge is 0.372 e. The topological polar surface area (TPSA) is 37.8 Å². The third-order valence-electron chi connectivity index (χ3n) is 2.60. The molecule has 0 saturated heterocycles. The molecule has 2 rings (SSSR count). The molecule has 0 aliphatic heterocycles. The first-order chi connectivity index (χ1) is 8.65. The van der Waals surface area contributed by atoms with Gasteiger partial charge in [-0.15, -0.1) is 11.8 Å². The van der Waals surface area contributed by atoms with E-state index in [1.165, 1.54) is 4.90 Å². The third-order valence-corrected chi connectivity index (χ3v) is 4.29. The minimum Gasteiger partial charge on any atom is -0.372 e. The highest BCUT2D eigenvalue weighted by molar-refractivity contribution is 9.10. The summed E-state index contributed by atoms with van der Waals surface area (Å²) in [6.45, 7) is 1.96. The lowest BCUT2D eigenvalue weighted by Crippen LogP contribution is -2.00. The number of rotatable bonds is 3. The maximum Gasteiger partial charge on any atom is 0.161 e. The number of anilines is 1. The summed E-state index contributed by atoms with van der Waals surface area (Å²) in [5.74, 6) is 1.55. The van der Waals surface area contributed by atoms with E-state index in [2.05, 4.69) is 49.6 Å². The van der Waals surface area contributed by atoms with Crippen molar-refractivity contribution in [3.05, 3.63) is 34.4 Å². The highest BCUT2D eigenvalue weighted by Crippen LogP contribution is 2.27. The van der Waals surface area contributed by atoms with Crippen molar-refractivity contribution in [2.24, 2.45) is 0 Å². The Bertz CT molecular complexity index is 555. The van der Waals surface area contributed by atoms with Crippen LogP contribution in [-0.2, 0) is 0 Å². The SMILES string of the molecule is CNc1nc(-c2ccc(SC)cc2)nc(C)c1Br. The molecule has 1 heterocycles. The number of thioether (sulfide) groups is 1. The van der Waals surface area contributed by atoms with Crippen molar-refractivity contribution in [1.82, 2.24) is 9.97 Å². The van der Waals surface area contributed by atoms with Gasteiger partial charge in [-0.25, -0.2) is 9.97 Å². The highest BCUT2D eigenvalue weighted by atomic mass is 79.9. The maximum absolute atomic E-state index is 4.50. The molecule has 0 saturated carbocycles. The first kappa shape index (κ1) is 13.4. The van der Waals surface area contributed by atoms with Crippen LogP contribution in [0.2, 0.25) is 0 Å². The number of aromatic nitrogens is 2. The summed E-state index contributed by atoms with van der Waals surface area (Å²) < 4.78 is 0.912. The fourth-order valence-corrected chi connectivity index (χ4v) is 2.38. The van der Waals surface area contributed by atoms with Gasteiger partial charge in [-0.3, -0.25) is 0 Å². The second-order valence-corrected chi connectivity index (χ2v) is 5.45. The van der Waals surface area contributed by atoms with Crippen LogP contribution in [0.4, 0.5) is 5.82 Å². The molecule has 3 nitrogen and oxygen atoms in total. The van der Waals surface area contributed by atoms with Gasteiger partial charge in [0.15, 0.2) is 5.82 Å². The molecular weight excluding hydrogens is 310 g/mol. The summed E-state index contributed by atoms with van der Waals surface area (Å²) in [6, 6.07) is 8.27. The van der Waals surface area contributed by atoms with Crippen molar-refractivity contribution in [2.75, 3.05) is 18.6 Å². The number of aryl methyl sites for hydroxylation is 1. The maximum atomic E-state index is 4.50. The number of hydrogen-bond acceptors (Lipinski definition) is 4. The van der Waals surface area contributed by atoms with E-state index < -0.39 is 0 Å². The fourth-order valence-electron chi connectivity index (χ4n) is 1.59. The minimum atomic E-state index is 0.743. The zero-order chi connectivity index (χ0) is 13.1. The molecule has 1 N–H and O–H groups in total. The molecule has 0 bridgehead atoms. The van der Waals surface area contributed by atoms with Gasteiger partial charge in [0.05, 0.1) is 10.2 Å². The quantitative estimate of drug-likeness (QED) is 0.867. The number of nitrogens with zero attached hydrogens (tertiary/aromatic N) is 2. The number of hydrogen-bond donors (Lipinski definition) is 1. The molecule has 5 heteroatoms. The van der Waals surface area contributed by atoms with Gasteiger partial charge in [-0.2, -0.15) is 0 Å². The molecule has 18 heavy (non-hydrogen) atoms. The average Bonchev–Trinajstić information content (AvgIpc) is 2.42. The molecular formula is C13H14BrN3S. The van der Waals surface area contributed by atoms with Gasteiger partial charge in [0.1, 0.15) is 5.82 Å². The van der Waals surface area contributed by atoms with Gasteiger partial charge in [-0.05, 0) is 41.2 Å². The van der Waals surface area contributed by atoms with Crippen LogP contribution in [0.5, 0.6) is 0 Å². The second kappa shape index (κ2) is 5.71. The van der Waals surface area contributed by atoms with Gasteiger partial charge in [-0.1, -0.05) is 12.1 Å². The predicted octanol–water partition coefficient (Wildman–Crippen LogP) is 3.98. The van der Waals surface area contributed by atoms with E-state index in [9.17, 15) is 0 Å². The van der Waals surface area contributed by atoms with E-state index in [-0.39, 0.29) is 0 Å². The molecule has 0 unspecified atom stereocenters. The van der Waals surface area contributed by atoms with Crippen LogP contribution in [0.3, 0.4) is 0 Å². The summed E-state index contributed by atoms with van der Waals surface area (Å²) in [5.41, 5.74) is 1.96. The van der Waals surface area contributed by atoms with Crippen molar-refractivity contribution in [2.45, 2.75) is 11.8 Å². The van der Waals surface area contributed by atoms with E-state index >= 15 is 0 Å². The molecule has 2 aromatic rings. The van der Waals surface area contributed by atoms with E-state index in [1.807, 2.05) is 26.1 Å². The highest BCUT2D eigenvalue weighted by Gasteiger charge is 2.09. The predicted molar refractivity (Wildman–Crippen MR) is 81.2 cm³/mol. The third kappa shape index (κ3) is 2.67. The Labute approximate surface area is 120 Å². The summed E-state index contributed by atoms with van der Waals surface area (Å²) in [6.07, 6.45) is 2.06. The minimum absolute atomic E-state index is 0.743. The van der Waals surface area contributed by atoms with Gasteiger partial charge >= 0.3 is 0 Å². The van der Waals surface area contributed by atoms with E-state index in [1.54, 1.807) is 11.8 Å². The van der Waals surface area contributed by atoms with Gasteiger partial charge in [0.25, 0.3) is 0 Å². The zero-order valence-electron chi connectivity index (χ0n) is 10.5. The monoisotopic (exact) mass is 323 g/mol. The molecule has 1 aromatic carbocycles. The molecule has 0 aliphatic rings. The first-order valence-corrected chi connectivity index (χ1v) is 7.53. The van der Waals surface area contributed by atoms with Crippen LogP contribution < -0.4 is 5.32 Å². The molecule has 0 radical (unpaired) electrons. The van der Waals surface area contributed by atoms with Crippen LogP contribution in [-0.4, -0.2) is 23.3 Å². The average molecular weight is 324 g/mol. The van der Waals surface area contributed by atoms with Crippen LogP contribution >= 0.6 is 27.7 Å². The second-order valence-electron chi connectivity index (χ2n) is 3.77. The summed E-state index contributed by atoms with van der Waals surface area (Å²) >= 11 is 5.20. The lowest BCUT2D eigenvalue weighted by Gasteiger charge is -2.08. The molecule has 0 aliphatic carbocycles. The lowest BCUT2D eigenvalue weighted by molar-refractivity contribution is 1.09. The number of benzene rings is 1. The molecule has 1 aromatic heterocycles. The lowest BCUT2D eigenvalue weighted by atomic mass is 10.2. The fraction of sp³-hybridized carbons (Fsp3) is 0.231. The number of halogens is 1. The van der Waals surface area contributed by atoms with Crippen LogP contribution in [0.15, 0.2) is 33.6 Å². The van der Waals surface area contributed by atoms with Crippen molar-refractivity contribution >= 4 is 33.5 Å². The Morgan fingerprint density at radius 2 is 1.83 bits per heavy atom. The normalized spacial score (nSPS) is 10.4. The van der Waals surface area contributed by atoms with E-state index in [0.717, 1.165) is 27.4 Å². The van der Waals surface area contributed by atoms with Gasteiger partial charge in [0, 0.05) is 17.5 Å². The number of nitrogens with one attached hydrogen (secondary N) is 1. The Balaban J connectivity index is 2.46. The molecule has 0 fully saturated rings. The van der Waals surface area contributed by atoms with Crippen molar-refractivity contribution in [3.8, 4) is 11.4 Å². The molecule has 0 spiro atoms. The molecule has 0 amide bonds. The van der Waals surface area contributed by atoms with E-state index in [0.29, 0.717) is 0 Å². The zero-order valence-corrected chi connectivity index (χ0v) is 12.9. The summed E-state index contributed by atoms with van der Waals surface area (Å²) in [4.78, 5) is 10.2. The standard InChI is InChI=1S/C13H14BrN3S/c1-8-11(14)13(15-2)17-12(16-8)9-4-6-10(18-3)7-5-9/h4-7H,1-3H3,(H,15,16,17). The Kier molecular flexibility index (Phi) is 4.24. The van der Waals surface area contributed by atoms with Crippen molar-refractivity contribution in [1.29, 1.82) is 0 Å². The van der Waals surface area contributed by atoms with Crippen LogP contribution in [0.25, 0.3) is 11.4 Å². The summed E-state index contributed by atoms with van der Waals surface area (Å²) in [5, 5.41) is 3.07. The van der Waals surface area contributed by atoms with Crippen molar-refractivity contribution < 1.29 is 0 Å². The molecule has 94 valence electrons. The van der Waals surface area contributed by atoms with Gasteiger partial charge < -0.3 is 5.32 Å². The van der Waals surface area contributed by atoms with Crippen LogP contribution in [0.1, 0.15) is 5.69 Å². The smallest absolute Gasteiger partial charge is 0.161 e. The summed E-state index contributed by atoms with van der Waals surface area (Å²) in [7, 11) is 1.85. The van der Waals surface area contributed by atoms with E-state index in [4.69, 9.17) is 0 Å². The van der Waals surface area contributed by atoms with Crippen LogP contribution in [0, 0.1) is 6.92 Å². The van der Waals surface area contributed by atoms with Crippen molar-refractivity contribution in [3.63, 3.8) is 0 Å². The van der Waals surface area contributed by atoms with Gasteiger partial charge in [0.2, 0.25) is 0 Å². The Hall–Kier alpha value is -1.07.